The van der Waals surface area contributed by atoms with Crippen molar-refractivity contribution in [1.82, 2.24) is 24.7 Å². The van der Waals surface area contributed by atoms with Gasteiger partial charge < -0.3 is 10.1 Å². The van der Waals surface area contributed by atoms with Gasteiger partial charge in [-0.15, -0.1) is 0 Å². The largest absolute Gasteiger partial charge is 0.497 e. The number of nitrogens with zero attached hydrogens (tertiary/aromatic N) is 5. The second-order valence-electron chi connectivity index (χ2n) is 7.12. The van der Waals surface area contributed by atoms with Gasteiger partial charge >= 0.3 is 0 Å². The van der Waals surface area contributed by atoms with Gasteiger partial charge in [-0.25, -0.2) is 15.0 Å². The van der Waals surface area contributed by atoms with E-state index >= 15 is 0 Å². The number of benzene rings is 2. The van der Waals surface area contributed by atoms with Crippen molar-refractivity contribution in [2.24, 2.45) is 0 Å². The molecule has 0 spiro atoms. The van der Waals surface area contributed by atoms with Gasteiger partial charge in [-0.1, -0.05) is 23.5 Å². The van der Waals surface area contributed by atoms with E-state index in [1.807, 2.05) is 36.0 Å². The number of hydrogen-bond acceptors (Lipinski definition) is 7. The summed E-state index contributed by atoms with van der Waals surface area (Å²) in [5.41, 5.74) is 5.29. The number of rotatable bonds is 5. The van der Waals surface area contributed by atoms with Gasteiger partial charge in [0.05, 0.1) is 35.6 Å². The van der Waals surface area contributed by atoms with Crippen LogP contribution in [0.4, 0.5) is 11.1 Å². The maximum atomic E-state index is 5.25. The van der Waals surface area contributed by atoms with Gasteiger partial charge in [0.2, 0.25) is 5.95 Å². The lowest BCUT2D eigenvalue weighted by Crippen LogP contribution is -2.02. The van der Waals surface area contributed by atoms with E-state index in [4.69, 9.17) is 9.72 Å². The average Bonchev–Trinajstić information content (AvgIpc) is 3.33. The second-order valence-corrected chi connectivity index (χ2v) is 8.15. The van der Waals surface area contributed by atoms with Crippen LogP contribution in [-0.4, -0.2) is 31.8 Å². The summed E-state index contributed by atoms with van der Waals surface area (Å²) in [6.07, 6.45) is 3.64. The van der Waals surface area contributed by atoms with Crippen LogP contribution in [0.2, 0.25) is 0 Å². The Bertz CT molecular complexity index is 1360. The molecular weight excluding hydrogens is 396 g/mol. The molecule has 1 N–H and O–H groups in total. The molecule has 8 heteroatoms. The maximum absolute atomic E-state index is 5.25. The Hall–Kier alpha value is -3.52. The van der Waals surface area contributed by atoms with E-state index in [-0.39, 0.29) is 0 Å². The molecule has 2 aromatic carbocycles. The van der Waals surface area contributed by atoms with Crippen molar-refractivity contribution in [2.45, 2.75) is 20.4 Å². The summed E-state index contributed by atoms with van der Waals surface area (Å²) < 4.78 is 8.39. The van der Waals surface area contributed by atoms with E-state index in [9.17, 15) is 0 Å². The predicted octanol–water partition coefficient (Wildman–Crippen LogP) is 4.85. The normalized spacial score (nSPS) is 11.3. The molecule has 5 aromatic rings. The highest BCUT2D eigenvalue weighted by atomic mass is 32.1. The van der Waals surface area contributed by atoms with Gasteiger partial charge in [0, 0.05) is 17.3 Å². The van der Waals surface area contributed by atoms with Crippen LogP contribution >= 0.6 is 11.3 Å². The van der Waals surface area contributed by atoms with E-state index in [1.54, 1.807) is 24.6 Å². The number of hydrogen-bond donors (Lipinski definition) is 1. The Morgan fingerprint density at radius 3 is 2.70 bits per heavy atom. The smallest absolute Gasteiger partial charge is 0.229 e. The molecule has 0 atom stereocenters. The molecule has 0 unspecified atom stereocenters. The molecule has 0 fully saturated rings. The van der Waals surface area contributed by atoms with E-state index < -0.39 is 0 Å². The fraction of sp³-hybridized carbons (Fsp3) is 0.182. The molecule has 0 radical (unpaired) electrons. The third-order valence-electron chi connectivity index (χ3n) is 4.97. The summed E-state index contributed by atoms with van der Waals surface area (Å²) in [7, 11) is 1.67. The van der Waals surface area contributed by atoms with E-state index in [2.05, 4.69) is 45.5 Å². The zero-order valence-electron chi connectivity index (χ0n) is 16.9. The molecule has 0 aliphatic carbocycles. The second kappa shape index (κ2) is 7.38. The van der Waals surface area contributed by atoms with Crippen LogP contribution in [-0.2, 0) is 6.54 Å². The number of methoxy groups -OCH3 is 1. The zero-order chi connectivity index (χ0) is 20.7. The van der Waals surface area contributed by atoms with E-state index in [1.165, 1.54) is 5.56 Å². The standard InChI is InChI=1S/C22H20N6OS/c1-13-10-18-19(26-22(30-18)27-21-23-9-8-14(2)25-21)17-11-24-28(20(13)17)12-15-4-6-16(29-3)7-5-15/h4-11H,12H2,1-3H3,(H,23,25,26,27). The Kier molecular flexibility index (Phi) is 4.55. The van der Waals surface area contributed by atoms with E-state index in [0.29, 0.717) is 12.5 Å². The van der Waals surface area contributed by atoms with Crippen LogP contribution in [0.1, 0.15) is 16.8 Å². The summed E-state index contributed by atoms with van der Waals surface area (Å²) >= 11 is 1.59. The van der Waals surface area contributed by atoms with Crippen LogP contribution in [0.3, 0.4) is 0 Å². The number of fused-ring (bicyclic) bond motifs is 3. The summed E-state index contributed by atoms with van der Waals surface area (Å²) in [5.74, 6) is 1.40. The summed E-state index contributed by atoms with van der Waals surface area (Å²) in [6.45, 7) is 4.74. The van der Waals surface area contributed by atoms with Gasteiger partial charge in [0.25, 0.3) is 0 Å². The lowest BCUT2D eigenvalue weighted by atomic mass is 10.1. The number of thiazole rings is 1. The summed E-state index contributed by atoms with van der Waals surface area (Å²) in [6, 6.07) is 12.1. The Morgan fingerprint density at radius 2 is 1.93 bits per heavy atom. The molecule has 3 aromatic heterocycles. The SMILES string of the molecule is COc1ccc(Cn2ncc3c4nc(Nc5nccc(C)n5)sc4cc(C)c32)cc1. The predicted molar refractivity (Wildman–Crippen MR) is 120 cm³/mol. The van der Waals surface area contributed by atoms with Gasteiger partial charge in [-0.2, -0.15) is 5.10 Å². The lowest BCUT2D eigenvalue weighted by molar-refractivity contribution is 0.414. The summed E-state index contributed by atoms with van der Waals surface area (Å²) in [4.78, 5) is 13.5. The van der Waals surface area contributed by atoms with Crippen molar-refractivity contribution in [2.75, 3.05) is 12.4 Å². The Balaban J connectivity index is 1.52. The van der Waals surface area contributed by atoms with Crippen molar-refractivity contribution < 1.29 is 4.74 Å². The number of nitrogens with one attached hydrogen (secondary N) is 1. The van der Waals surface area contributed by atoms with Crippen LogP contribution < -0.4 is 10.1 Å². The lowest BCUT2D eigenvalue weighted by Gasteiger charge is -2.07. The minimum Gasteiger partial charge on any atom is -0.497 e. The monoisotopic (exact) mass is 416 g/mol. The van der Waals surface area contributed by atoms with Crippen molar-refractivity contribution >= 4 is 43.5 Å². The first-order valence-corrected chi connectivity index (χ1v) is 10.4. The molecule has 7 nitrogen and oxygen atoms in total. The minimum absolute atomic E-state index is 0.553. The highest BCUT2D eigenvalue weighted by Crippen LogP contribution is 2.34. The van der Waals surface area contributed by atoms with Crippen molar-refractivity contribution in [3.63, 3.8) is 0 Å². The molecule has 0 bridgehead atoms. The molecule has 30 heavy (non-hydrogen) atoms. The average molecular weight is 417 g/mol. The van der Waals surface area contributed by atoms with Crippen LogP contribution in [0.15, 0.2) is 48.8 Å². The van der Waals surface area contributed by atoms with Gasteiger partial charge in [0.1, 0.15) is 5.75 Å². The molecule has 5 rings (SSSR count). The number of anilines is 2. The van der Waals surface area contributed by atoms with Crippen LogP contribution in [0.5, 0.6) is 5.75 Å². The highest BCUT2D eigenvalue weighted by Gasteiger charge is 2.15. The summed E-state index contributed by atoms with van der Waals surface area (Å²) in [5, 5.41) is 9.69. The third-order valence-corrected chi connectivity index (χ3v) is 5.89. The fourth-order valence-electron chi connectivity index (χ4n) is 3.54. The van der Waals surface area contributed by atoms with E-state index in [0.717, 1.165) is 43.3 Å². The van der Waals surface area contributed by atoms with Crippen molar-refractivity contribution in [1.29, 1.82) is 0 Å². The first kappa shape index (κ1) is 18.5. The fourth-order valence-corrected chi connectivity index (χ4v) is 4.52. The number of aromatic nitrogens is 5. The first-order valence-electron chi connectivity index (χ1n) is 9.56. The molecule has 150 valence electrons. The van der Waals surface area contributed by atoms with Gasteiger partial charge in [0.15, 0.2) is 5.13 Å². The first-order chi connectivity index (χ1) is 14.6. The molecule has 0 aliphatic heterocycles. The van der Waals surface area contributed by atoms with Crippen LogP contribution in [0, 0.1) is 13.8 Å². The Labute approximate surface area is 177 Å². The van der Waals surface area contributed by atoms with Crippen molar-refractivity contribution in [3.8, 4) is 5.75 Å². The topological polar surface area (TPSA) is 77.8 Å². The molecule has 0 aliphatic rings. The molecule has 0 saturated heterocycles. The third kappa shape index (κ3) is 3.35. The molecule has 0 saturated carbocycles. The molecular formula is C22H20N6OS. The number of ether oxygens (including phenoxy) is 1. The van der Waals surface area contributed by atoms with Gasteiger partial charge in [-0.3, -0.25) is 4.68 Å². The quantitative estimate of drug-likeness (QED) is 0.441. The zero-order valence-corrected chi connectivity index (χ0v) is 17.7. The number of aryl methyl sites for hydroxylation is 2. The van der Waals surface area contributed by atoms with Crippen LogP contribution in [0.25, 0.3) is 21.1 Å². The minimum atomic E-state index is 0.553. The van der Waals surface area contributed by atoms with Gasteiger partial charge in [-0.05, 0) is 49.2 Å². The Morgan fingerprint density at radius 1 is 1.10 bits per heavy atom. The molecule has 0 amide bonds. The highest BCUT2D eigenvalue weighted by molar-refractivity contribution is 7.22. The molecule has 3 heterocycles. The van der Waals surface area contributed by atoms with Crippen molar-refractivity contribution in [3.05, 3.63) is 65.6 Å². The maximum Gasteiger partial charge on any atom is 0.229 e.